The third-order valence-corrected chi connectivity index (χ3v) is 4.18. The average molecular weight is 362 g/mol. The molecule has 2 rings (SSSR count). The van der Waals surface area contributed by atoms with Crippen molar-refractivity contribution in [1.29, 1.82) is 0 Å². The van der Waals surface area contributed by atoms with Gasteiger partial charge in [-0.25, -0.2) is 4.79 Å². The second-order valence-corrected chi connectivity index (χ2v) is 8.10. The minimum atomic E-state index is -0.509. The lowest BCUT2D eigenvalue weighted by Gasteiger charge is -2.36. The number of amides is 2. The van der Waals surface area contributed by atoms with Gasteiger partial charge in [0.05, 0.1) is 0 Å². The summed E-state index contributed by atoms with van der Waals surface area (Å²) in [7, 11) is 0. The molecule has 0 aliphatic heterocycles. The Balaban J connectivity index is 1.70. The van der Waals surface area contributed by atoms with Crippen molar-refractivity contribution >= 4 is 12.0 Å². The molecule has 1 aromatic rings. The summed E-state index contributed by atoms with van der Waals surface area (Å²) < 4.78 is 10.9. The van der Waals surface area contributed by atoms with Gasteiger partial charge in [-0.2, -0.15) is 0 Å². The third-order valence-electron chi connectivity index (χ3n) is 4.18. The van der Waals surface area contributed by atoms with Crippen LogP contribution in [0.4, 0.5) is 4.79 Å². The van der Waals surface area contributed by atoms with Crippen molar-refractivity contribution in [3.05, 3.63) is 28.8 Å². The topological polar surface area (TPSA) is 76.7 Å². The smallest absolute Gasteiger partial charge is 0.407 e. The molecule has 1 fully saturated rings. The Kier molecular flexibility index (Phi) is 6.16. The van der Waals surface area contributed by atoms with Gasteiger partial charge >= 0.3 is 6.09 Å². The Morgan fingerprint density at radius 2 is 1.58 bits per heavy atom. The maximum absolute atomic E-state index is 12.1. The molecule has 1 aliphatic rings. The van der Waals surface area contributed by atoms with E-state index in [9.17, 15) is 9.59 Å². The highest BCUT2D eigenvalue weighted by atomic mass is 16.6. The highest BCUT2D eigenvalue weighted by Crippen LogP contribution is 2.25. The van der Waals surface area contributed by atoms with E-state index in [-0.39, 0.29) is 24.6 Å². The minimum Gasteiger partial charge on any atom is -0.483 e. The van der Waals surface area contributed by atoms with Crippen LogP contribution in [0.5, 0.6) is 5.75 Å². The second kappa shape index (κ2) is 7.98. The summed E-state index contributed by atoms with van der Waals surface area (Å²) in [6, 6.07) is 4.18. The van der Waals surface area contributed by atoms with Gasteiger partial charge in [-0.15, -0.1) is 0 Å². The van der Waals surface area contributed by atoms with Crippen molar-refractivity contribution in [2.45, 2.75) is 72.1 Å². The molecule has 144 valence electrons. The van der Waals surface area contributed by atoms with E-state index in [1.807, 2.05) is 53.7 Å². The zero-order valence-electron chi connectivity index (χ0n) is 16.6. The van der Waals surface area contributed by atoms with Crippen LogP contribution in [0.1, 0.15) is 50.3 Å². The third kappa shape index (κ3) is 5.93. The van der Waals surface area contributed by atoms with Gasteiger partial charge in [0.1, 0.15) is 11.4 Å². The molecule has 0 heterocycles. The first kappa shape index (κ1) is 20.1. The van der Waals surface area contributed by atoms with Crippen LogP contribution < -0.4 is 15.4 Å². The first-order valence-corrected chi connectivity index (χ1v) is 9.03. The van der Waals surface area contributed by atoms with Crippen LogP contribution in [0.15, 0.2) is 12.1 Å². The lowest BCUT2D eigenvalue weighted by Crippen LogP contribution is -2.55. The molecular formula is C20H30N2O4. The van der Waals surface area contributed by atoms with Crippen LogP contribution in [0, 0.1) is 20.8 Å². The number of alkyl carbamates (subject to hydrolysis) is 1. The number of hydrogen-bond acceptors (Lipinski definition) is 4. The molecule has 6 nitrogen and oxygen atoms in total. The standard InChI is InChI=1S/C20H30N2O4/c1-12-7-13(2)18(14(3)8-12)25-11-17(23)21-15-9-16(10-15)22-19(24)26-20(4,5)6/h7-8,15-16H,9-11H2,1-6H3,(H,21,23)(H,22,24). The number of benzene rings is 1. The van der Waals surface area contributed by atoms with E-state index in [4.69, 9.17) is 9.47 Å². The van der Waals surface area contributed by atoms with Gasteiger partial charge in [-0.05, 0) is 65.5 Å². The normalized spacial score (nSPS) is 19.3. The fraction of sp³-hybridized carbons (Fsp3) is 0.600. The van der Waals surface area contributed by atoms with Crippen molar-refractivity contribution in [3.63, 3.8) is 0 Å². The Labute approximate surface area is 155 Å². The van der Waals surface area contributed by atoms with Crippen molar-refractivity contribution in [1.82, 2.24) is 10.6 Å². The molecule has 0 spiro atoms. The van der Waals surface area contributed by atoms with E-state index in [1.54, 1.807) is 0 Å². The number of ether oxygens (including phenoxy) is 2. The van der Waals surface area contributed by atoms with E-state index in [0.29, 0.717) is 12.8 Å². The fourth-order valence-electron chi connectivity index (χ4n) is 3.13. The van der Waals surface area contributed by atoms with Gasteiger partial charge in [0.2, 0.25) is 0 Å². The van der Waals surface area contributed by atoms with Crippen molar-refractivity contribution in [2.24, 2.45) is 0 Å². The number of carbonyl (C=O) groups excluding carboxylic acids is 2. The first-order valence-electron chi connectivity index (χ1n) is 9.03. The highest BCUT2D eigenvalue weighted by Gasteiger charge is 2.32. The van der Waals surface area contributed by atoms with Crippen LogP contribution in [0.3, 0.4) is 0 Å². The number of aryl methyl sites for hydroxylation is 3. The molecule has 0 aromatic heterocycles. The van der Waals surface area contributed by atoms with Crippen LogP contribution in [0.25, 0.3) is 0 Å². The Bertz CT molecular complexity index is 650. The number of carbonyl (C=O) groups is 2. The van der Waals surface area contributed by atoms with Gasteiger partial charge in [-0.3, -0.25) is 4.79 Å². The summed E-state index contributed by atoms with van der Waals surface area (Å²) in [6.07, 6.45) is 0.988. The van der Waals surface area contributed by atoms with E-state index >= 15 is 0 Å². The lowest BCUT2D eigenvalue weighted by molar-refractivity contribution is -0.124. The maximum Gasteiger partial charge on any atom is 0.407 e. The van der Waals surface area contributed by atoms with Crippen molar-refractivity contribution in [2.75, 3.05) is 6.61 Å². The highest BCUT2D eigenvalue weighted by molar-refractivity contribution is 5.78. The van der Waals surface area contributed by atoms with E-state index in [1.165, 1.54) is 5.56 Å². The fourth-order valence-corrected chi connectivity index (χ4v) is 3.13. The van der Waals surface area contributed by atoms with Crippen LogP contribution >= 0.6 is 0 Å². The molecule has 2 N–H and O–H groups in total. The second-order valence-electron chi connectivity index (χ2n) is 8.10. The molecule has 1 aliphatic carbocycles. The lowest BCUT2D eigenvalue weighted by atomic mass is 9.87. The number of nitrogens with one attached hydrogen (secondary N) is 2. The predicted octanol–water partition coefficient (Wildman–Crippen LogP) is 3.16. The van der Waals surface area contributed by atoms with Gasteiger partial charge in [0.15, 0.2) is 6.61 Å². The minimum absolute atomic E-state index is 0.00853. The Morgan fingerprint density at radius 3 is 2.12 bits per heavy atom. The Morgan fingerprint density at radius 1 is 1.04 bits per heavy atom. The summed E-state index contributed by atoms with van der Waals surface area (Å²) in [4.78, 5) is 23.8. The zero-order chi connectivity index (χ0) is 19.5. The quantitative estimate of drug-likeness (QED) is 0.843. The van der Waals surface area contributed by atoms with Crippen molar-refractivity contribution in [3.8, 4) is 5.75 Å². The molecule has 26 heavy (non-hydrogen) atoms. The number of rotatable bonds is 5. The van der Waals surface area contributed by atoms with Crippen LogP contribution in [-0.2, 0) is 9.53 Å². The summed E-state index contributed by atoms with van der Waals surface area (Å²) in [5.41, 5.74) is 2.72. The molecule has 6 heteroatoms. The summed E-state index contributed by atoms with van der Waals surface area (Å²) in [5.74, 6) is 0.619. The summed E-state index contributed by atoms with van der Waals surface area (Å²) in [6.45, 7) is 11.5. The van der Waals surface area contributed by atoms with E-state index in [0.717, 1.165) is 16.9 Å². The maximum atomic E-state index is 12.1. The van der Waals surface area contributed by atoms with Crippen LogP contribution in [-0.4, -0.2) is 36.3 Å². The zero-order valence-corrected chi connectivity index (χ0v) is 16.6. The van der Waals surface area contributed by atoms with Gasteiger partial charge < -0.3 is 20.1 Å². The van der Waals surface area contributed by atoms with Crippen molar-refractivity contribution < 1.29 is 19.1 Å². The summed E-state index contributed by atoms with van der Waals surface area (Å²) >= 11 is 0. The van der Waals surface area contributed by atoms with Gasteiger partial charge in [-0.1, -0.05) is 17.7 Å². The van der Waals surface area contributed by atoms with Crippen LogP contribution in [0.2, 0.25) is 0 Å². The average Bonchev–Trinajstić information content (AvgIpc) is 2.41. The molecule has 1 saturated carbocycles. The molecule has 2 amide bonds. The molecule has 1 aromatic carbocycles. The van der Waals surface area contributed by atoms with E-state index < -0.39 is 11.7 Å². The molecular weight excluding hydrogens is 332 g/mol. The van der Waals surface area contributed by atoms with E-state index in [2.05, 4.69) is 10.6 Å². The monoisotopic (exact) mass is 362 g/mol. The molecule has 0 unspecified atom stereocenters. The first-order chi connectivity index (χ1) is 12.0. The van der Waals surface area contributed by atoms with Gasteiger partial charge in [0.25, 0.3) is 5.91 Å². The SMILES string of the molecule is Cc1cc(C)c(OCC(=O)NC2CC(NC(=O)OC(C)(C)C)C2)c(C)c1. The molecule has 0 saturated heterocycles. The predicted molar refractivity (Wildman–Crippen MR) is 100 cm³/mol. The molecule has 0 bridgehead atoms. The number of hydrogen-bond donors (Lipinski definition) is 2. The molecule has 0 atom stereocenters. The molecule has 0 radical (unpaired) electrons. The largest absolute Gasteiger partial charge is 0.483 e. The van der Waals surface area contributed by atoms with Gasteiger partial charge in [0, 0.05) is 12.1 Å². The summed E-state index contributed by atoms with van der Waals surface area (Å²) in [5, 5.41) is 5.74. The Hall–Kier alpha value is -2.24.